The van der Waals surface area contributed by atoms with E-state index in [1.54, 1.807) is 0 Å². The van der Waals surface area contributed by atoms with Crippen LogP contribution in [0.1, 0.15) is 36.8 Å². The number of rotatable bonds is 10. The van der Waals surface area contributed by atoms with Crippen LogP contribution < -0.4 is 9.47 Å². The van der Waals surface area contributed by atoms with Crippen LogP contribution in [0.25, 0.3) is 11.1 Å². The van der Waals surface area contributed by atoms with Crippen LogP contribution in [0.4, 0.5) is 0 Å². The molecule has 154 valence electrons. The number of hydrogen-bond donors (Lipinski definition) is 0. The van der Waals surface area contributed by atoms with E-state index in [-0.39, 0.29) is 0 Å². The largest absolute Gasteiger partial charge is 0.494 e. The molecule has 4 heteroatoms. The third-order valence-electron chi connectivity index (χ3n) is 6.50. The molecule has 0 bridgehead atoms. The maximum absolute atomic E-state index is 6.02. The van der Waals surface area contributed by atoms with Gasteiger partial charge in [0.1, 0.15) is 11.5 Å². The lowest BCUT2D eigenvalue weighted by atomic mass is 10.1. The molecule has 4 nitrogen and oxygen atoms in total. The molecule has 2 fully saturated rings. The number of fused-ring (bicyclic) bond motifs is 3. The normalized spacial score (nSPS) is 17.9. The Morgan fingerprint density at radius 2 is 1.14 bits per heavy atom. The molecule has 2 saturated heterocycles. The molecule has 5 rings (SSSR count). The van der Waals surface area contributed by atoms with Crippen molar-refractivity contribution in [2.75, 3.05) is 52.5 Å². The second-order valence-electron chi connectivity index (χ2n) is 8.61. The molecule has 29 heavy (non-hydrogen) atoms. The SMILES string of the molecule is c1cc2c(cc1OCCCN1CCC1)Cc1cc(OCCCN3CCC3)ccc1-2. The Morgan fingerprint density at radius 1 is 0.655 bits per heavy atom. The molecule has 0 N–H and O–H groups in total. The third-order valence-corrected chi connectivity index (χ3v) is 6.50. The van der Waals surface area contributed by atoms with Crippen molar-refractivity contribution < 1.29 is 9.47 Å². The second-order valence-corrected chi connectivity index (χ2v) is 8.61. The van der Waals surface area contributed by atoms with Crippen LogP contribution in [-0.4, -0.2) is 62.3 Å². The zero-order valence-electron chi connectivity index (χ0n) is 17.4. The molecule has 0 unspecified atom stereocenters. The Balaban J connectivity index is 1.13. The lowest BCUT2D eigenvalue weighted by molar-refractivity contribution is 0.165. The minimum absolute atomic E-state index is 0.803. The van der Waals surface area contributed by atoms with Crippen molar-refractivity contribution in [2.45, 2.75) is 32.1 Å². The number of hydrogen-bond acceptors (Lipinski definition) is 4. The van der Waals surface area contributed by atoms with E-state index in [0.717, 1.165) is 57.1 Å². The van der Waals surface area contributed by atoms with Gasteiger partial charge in [-0.05, 0) is 105 Å². The molecular weight excluding hydrogens is 360 g/mol. The summed E-state index contributed by atoms with van der Waals surface area (Å²) in [5.41, 5.74) is 5.43. The highest BCUT2D eigenvalue weighted by Crippen LogP contribution is 2.39. The summed E-state index contributed by atoms with van der Waals surface area (Å²) in [4.78, 5) is 4.99. The van der Waals surface area contributed by atoms with E-state index < -0.39 is 0 Å². The zero-order valence-corrected chi connectivity index (χ0v) is 17.4. The average Bonchev–Trinajstić information content (AvgIpc) is 3.01. The van der Waals surface area contributed by atoms with Gasteiger partial charge in [-0.15, -0.1) is 0 Å². The molecule has 0 radical (unpaired) electrons. The first kappa shape index (κ1) is 19.0. The standard InChI is InChI=1S/C25H32N2O2/c1-9-26(10-1)13-3-15-28-22-5-7-24-20(18-22)17-21-19-23(6-8-25(21)24)29-16-4-14-27-11-2-12-27/h5-8,18-19H,1-4,9-17H2. The summed E-state index contributed by atoms with van der Waals surface area (Å²) in [5, 5.41) is 0. The van der Waals surface area contributed by atoms with Crippen molar-refractivity contribution in [3.8, 4) is 22.6 Å². The van der Waals surface area contributed by atoms with Crippen molar-refractivity contribution in [2.24, 2.45) is 0 Å². The van der Waals surface area contributed by atoms with E-state index in [1.165, 1.54) is 61.3 Å². The van der Waals surface area contributed by atoms with Crippen LogP contribution in [0.15, 0.2) is 36.4 Å². The summed E-state index contributed by atoms with van der Waals surface area (Å²) in [6.45, 7) is 8.99. The van der Waals surface area contributed by atoms with Crippen molar-refractivity contribution in [1.29, 1.82) is 0 Å². The molecule has 3 aliphatic rings. The maximum atomic E-state index is 6.02. The first-order chi connectivity index (χ1) is 14.3. The van der Waals surface area contributed by atoms with Crippen molar-refractivity contribution in [1.82, 2.24) is 9.80 Å². The summed E-state index contributed by atoms with van der Waals surface area (Å²) in [7, 11) is 0. The van der Waals surface area contributed by atoms with Crippen molar-refractivity contribution in [3.63, 3.8) is 0 Å². The van der Waals surface area contributed by atoms with Gasteiger partial charge in [0, 0.05) is 13.1 Å². The number of benzene rings is 2. The van der Waals surface area contributed by atoms with Gasteiger partial charge in [0.15, 0.2) is 0 Å². The summed E-state index contributed by atoms with van der Waals surface area (Å²) >= 11 is 0. The molecule has 2 aliphatic heterocycles. The van der Waals surface area contributed by atoms with Crippen LogP contribution in [0.3, 0.4) is 0 Å². The molecule has 0 atom stereocenters. The fourth-order valence-electron chi connectivity index (χ4n) is 4.51. The van der Waals surface area contributed by atoms with E-state index in [4.69, 9.17) is 9.47 Å². The Hall–Kier alpha value is -2.04. The van der Waals surface area contributed by atoms with Gasteiger partial charge in [0.05, 0.1) is 13.2 Å². The van der Waals surface area contributed by atoms with Gasteiger partial charge in [-0.2, -0.15) is 0 Å². The van der Waals surface area contributed by atoms with Gasteiger partial charge in [-0.1, -0.05) is 12.1 Å². The van der Waals surface area contributed by atoms with E-state index in [0.29, 0.717) is 0 Å². The summed E-state index contributed by atoms with van der Waals surface area (Å²) in [6.07, 6.45) is 5.90. The Labute approximate surface area is 174 Å². The van der Waals surface area contributed by atoms with Gasteiger partial charge >= 0.3 is 0 Å². The molecule has 2 aromatic carbocycles. The molecule has 0 spiro atoms. The molecule has 0 aromatic heterocycles. The van der Waals surface area contributed by atoms with Gasteiger partial charge in [-0.25, -0.2) is 0 Å². The Morgan fingerprint density at radius 3 is 1.55 bits per heavy atom. The highest BCUT2D eigenvalue weighted by atomic mass is 16.5. The molecule has 1 aliphatic carbocycles. The topological polar surface area (TPSA) is 24.9 Å². The minimum Gasteiger partial charge on any atom is -0.494 e. The van der Waals surface area contributed by atoms with Crippen LogP contribution in [-0.2, 0) is 6.42 Å². The zero-order chi connectivity index (χ0) is 19.5. The van der Waals surface area contributed by atoms with E-state index in [1.807, 2.05) is 0 Å². The molecular formula is C25H32N2O2. The number of likely N-dealkylation sites (tertiary alicyclic amines) is 2. The number of ether oxygens (including phenoxy) is 2. The highest BCUT2D eigenvalue weighted by Gasteiger charge is 2.20. The van der Waals surface area contributed by atoms with Crippen LogP contribution in [0.5, 0.6) is 11.5 Å². The first-order valence-corrected chi connectivity index (χ1v) is 11.3. The fraction of sp³-hybridized carbons (Fsp3) is 0.520. The van der Waals surface area contributed by atoms with Crippen LogP contribution >= 0.6 is 0 Å². The smallest absolute Gasteiger partial charge is 0.119 e. The predicted octanol–water partition coefficient (Wildman–Crippen LogP) is 4.21. The average molecular weight is 393 g/mol. The Bertz CT molecular complexity index is 773. The van der Waals surface area contributed by atoms with Crippen molar-refractivity contribution in [3.05, 3.63) is 47.5 Å². The molecule has 0 saturated carbocycles. The van der Waals surface area contributed by atoms with Gasteiger partial charge in [-0.3, -0.25) is 0 Å². The predicted molar refractivity (Wildman–Crippen MR) is 117 cm³/mol. The van der Waals surface area contributed by atoms with E-state index in [2.05, 4.69) is 46.2 Å². The minimum atomic E-state index is 0.803. The third kappa shape index (κ3) is 4.44. The summed E-state index contributed by atoms with van der Waals surface area (Å²) < 4.78 is 12.0. The molecule has 0 amide bonds. The first-order valence-electron chi connectivity index (χ1n) is 11.3. The fourth-order valence-corrected chi connectivity index (χ4v) is 4.51. The lowest BCUT2D eigenvalue weighted by Gasteiger charge is -2.30. The van der Waals surface area contributed by atoms with E-state index >= 15 is 0 Å². The van der Waals surface area contributed by atoms with E-state index in [9.17, 15) is 0 Å². The Kier molecular flexibility index (Phi) is 5.73. The molecule has 2 aromatic rings. The summed E-state index contributed by atoms with van der Waals surface area (Å²) in [5.74, 6) is 2.00. The maximum Gasteiger partial charge on any atom is 0.119 e. The van der Waals surface area contributed by atoms with Crippen LogP contribution in [0, 0.1) is 0 Å². The summed E-state index contributed by atoms with van der Waals surface area (Å²) in [6, 6.07) is 13.1. The van der Waals surface area contributed by atoms with Crippen LogP contribution in [0.2, 0.25) is 0 Å². The van der Waals surface area contributed by atoms with Gasteiger partial charge in [0.25, 0.3) is 0 Å². The van der Waals surface area contributed by atoms with Gasteiger partial charge < -0.3 is 19.3 Å². The lowest BCUT2D eigenvalue weighted by Crippen LogP contribution is -2.38. The monoisotopic (exact) mass is 392 g/mol. The molecule has 2 heterocycles. The highest BCUT2D eigenvalue weighted by molar-refractivity contribution is 5.78. The quantitative estimate of drug-likeness (QED) is 0.483. The van der Waals surface area contributed by atoms with Crippen molar-refractivity contribution >= 4 is 0 Å². The van der Waals surface area contributed by atoms with Gasteiger partial charge in [0.2, 0.25) is 0 Å². The number of nitrogens with zero attached hydrogens (tertiary/aromatic N) is 2. The second kappa shape index (κ2) is 8.76.